The zero-order valence-electron chi connectivity index (χ0n) is 11.5. The van der Waals surface area contributed by atoms with Crippen LogP contribution in [-0.4, -0.2) is 15.9 Å². The van der Waals surface area contributed by atoms with Crippen molar-refractivity contribution in [3.05, 3.63) is 32.0 Å². The molecular formula is C13H14Cl3N3O2S. The SMILES string of the molecule is Cl.NC1(c2noc(CCC(=O)c3cc(Cl)sc3Cl)n2)CCC1. The first-order valence-electron chi connectivity index (χ1n) is 6.58. The molecule has 22 heavy (non-hydrogen) atoms. The Morgan fingerprint density at radius 1 is 1.45 bits per heavy atom. The van der Waals surface area contributed by atoms with Crippen LogP contribution in [0.15, 0.2) is 10.6 Å². The molecule has 3 rings (SSSR count). The van der Waals surface area contributed by atoms with Crippen molar-refractivity contribution in [2.75, 3.05) is 0 Å². The van der Waals surface area contributed by atoms with Crippen LogP contribution in [0.4, 0.5) is 0 Å². The maximum absolute atomic E-state index is 12.1. The maximum atomic E-state index is 12.1. The molecule has 0 bridgehead atoms. The van der Waals surface area contributed by atoms with Crippen molar-refractivity contribution in [1.29, 1.82) is 0 Å². The van der Waals surface area contributed by atoms with E-state index in [1.54, 1.807) is 6.07 Å². The average Bonchev–Trinajstić information content (AvgIpc) is 3.00. The van der Waals surface area contributed by atoms with Crippen molar-refractivity contribution in [3.63, 3.8) is 0 Å². The van der Waals surface area contributed by atoms with E-state index in [-0.39, 0.29) is 24.6 Å². The third kappa shape index (κ3) is 3.46. The van der Waals surface area contributed by atoms with E-state index in [0.29, 0.717) is 32.4 Å². The number of Topliss-reactive ketones (excluding diaryl/α,β-unsaturated/α-hetero) is 1. The molecule has 2 aromatic rings. The Labute approximate surface area is 147 Å². The Kier molecular flexibility index (Phi) is 5.50. The summed E-state index contributed by atoms with van der Waals surface area (Å²) >= 11 is 13.0. The Morgan fingerprint density at radius 2 is 2.18 bits per heavy atom. The third-order valence-electron chi connectivity index (χ3n) is 3.68. The highest BCUT2D eigenvalue weighted by molar-refractivity contribution is 7.20. The van der Waals surface area contributed by atoms with Gasteiger partial charge in [0.15, 0.2) is 11.6 Å². The molecule has 1 aliphatic carbocycles. The van der Waals surface area contributed by atoms with Crippen LogP contribution < -0.4 is 5.73 Å². The molecule has 120 valence electrons. The molecule has 5 nitrogen and oxygen atoms in total. The molecule has 0 spiro atoms. The molecule has 0 atom stereocenters. The van der Waals surface area contributed by atoms with Crippen molar-refractivity contribution < 1.29 is 9.32 Å². The van der Waals surface area contributed by atoms with E-state index >= 15 is 0 Å². The van der Waals surface area contributed by atoms with Crippen LogP contribution in [-0.2, 0) is 12.0 Å². The van der Waals surface area contributed by atoms with Crippen molar-refractivity contribution in [3.8, 4) is 0 Å². The number of ketones is 1. The number of aryl methyl sites for hydroxylation is 1. The molecule has 2 aromatic heterocycles. The minimum absolute atomic E-state index is 0. The van der Waals surface area contributed by atoms with Crippen molar-refractivity contribution in [2.45, 2.75) is 37.6 Å². The summed E-state index contributed by atoms with van der Waals surface area (Å²) in [7, 11) is 0. The maximum Gasteiger partial charge on any atom is 0.227 e. The summed E-state index contributed by atoms with van der Waals surface area (Å²) in [6, 6.07) is 1.58. The molecule has 0 saturated heterocycles. The van der Waals surface area contributed by atoms with Crippen molar-refractivity contribution in [1.82, 2.24) is 10.1 Å². The second-order valence-corrected chi connectivity index (χ2v) is 7.47. The summed E-state index contributed by atoms with van der Waals surface area (Å²) in [5, 5.41) is 3.91. The number of nitrogens with zero attached hydrogens (tertiary/aromatic N) is 2. The van der Waals surface area contributed by atoms with Gasteiger partial charge in [-0.3, -0.25) is 4.79 Å². The van der Waals surface area contributed by atoms with Crippen LogP contribution in [0.2, 0.25) is 8.67 Å². The van der Waals surface area contributed by atoms with E-state index in [0.717, 1.165) is 19.3 Å². The fourth-order valence-corrected chi connectivity index (χ4v) is 3.72. The molecule has 2 heterocycles. The highest BCUT2D eigenvalue weighted by Gasteiger charge is 2.38. The quantitative estimate of drug-likeness (QED) is 0.790. The number of thiophene rings is 1. The van der Waals surface area contributed by atoms with Gasteiger partial charge in [-0.1, -0.05) is 28.4 Å². The van der Waals surface area contributed by atoms with Crippen LogP contribution in [0.25, 0.3) is 0 Å². The van der Waals surface area contributed by atoms with Gasteiger partial charge >= 0.3 is 0 Å². The molecule has 1 fully saturated rings. The lowest BCUT2D eigenvalue weighted by Gasteiger charge is -2.34. The first kappa shape index (κ1) is 17.7. The highest BCUT2D eigenvalue weighted by atomic mass is 35.5. The number of carbonyl (C=O) groups is 1. The second kappa shape index (κ2) is 6.84. The normalized spacial score (nSPS) is 16.0. The number of rotatable bonds is 5. The number of hydrogen-bond acceptors (Lipinski definition) is 6. The fraction of sp³-hybridized carbons (Fsp3) is 0.462. The average molecular weight is 383 g/mol. The molecule has 0 radical (unpaired) electrons. The lowest BCUT2D eigenvalue weighted by molar-refractivity contribution is 0.0980. The van der Waals surface area contributed by atoms with E-state index in [1.807, 2.05) is 0 Å². The van der Waals surface area contributed by atoms with Gasteiger partial charge in [-0.25, -0.2) is 0 Å². The standard InChI is InChI=1S/C13H13Cl2N3O2S.ClH/c14-9-6-7(11(15)21-9)8(19)2-3-10-17-12(18-20-10)13(16)4-1-5-13;/h6H,1-5,16H2;1H. The zero-order chi connectivity index (χ0) is 15.0. The summed E-state index contributed by atoms with van der Waals surface area (Å²) in [4.78, 5) is 16.4. The first-order valence-corrected chi connectivity index (χ1v) is 8.15. The molecule has 1 saturated carbocycles. The van der Waals surface area contributed by atoms with E-state index < -0.39 is 5.54 Å². The van der Waals surface area contributed by atoms with Gasteiger partial charge in [-0.15, -0.1) is 23.7 Å². The van der Waals surface area contributed by atoms with Crippen LogP contribution >= 0.6 is 46.9 Å². The molecule has 9 heteroatoms. The molecule has 0 aromatic carbocycles. The van der Waals surface area contributed by atoms with E-state index in [2.05, 4.69) is 10.1 Å². The van der Waals surface area contributed by atoms with Crippen LogP contribution in [0, 0.1) is 0 Å². The van der Waals surface area contributed by atoms with Gasteiger partial charge in [0, 0.05) is 18.4 Å². The first-order chi connectivity index (χ1) is 9.98. The van der Waals surface area contributed by atoms with Crippen molar-refractivity contribution in [2.24, 2.45) is 5.73 Å². The van der Waals surface area contributed by atoms with E-state index in [4.69, 9.17) is 33.5 Å². The summed E-state index contributed by atoms with van der Waals surface area (Å²) in [5.41, 5.74) is 6.12. The van der Waals surface area contributed by atoms with Gasteiger partial charge in [0.1, 0.15) is 4.34 Å². The minimum Gasteiger partial charge on any atom is -0.339 e. The third-order valence-corrected chi connectivity index (χ3v) is 5.17. The Morgan fingerprint density at radius 3 is 2.73 bits per heavy atom. The van der Waals surface area contributed by atoms with E-state index in [1.165, 1.54) is 11.3 Å². The predicted molar refractivity (Wildman–Crippen MR) is 88.3 cm³/mol. The number of halogens is 3. The molecular weight excluding hydrogens is 369 g/mol. The van der Waals surface area contributed by atoms with Crippen molar-refractivity contribution >= 4 is 52.7 Å². The Bertz CT molecular complexity index is 682. The van der Waals surface area contributed by atoms with Crippen LogP contribution in [0.1, 0.15) is 47.8 Å². The highest BCUT2D eigenvalue weighted by Crippen LogP contribution is 2.37. The number of nitrogens with two attached hydrogens (primary N) is 1. The Balaban J connectivity index is 0.00000176. The second-order valence-electron chi connectivity index (χ2n) is 5.18. The minimum atomic E-state index is -0.448. The molecule has 2 N–H and O–H groups in total. The summed E-state index contributed by atoms with van der Waals surface area (Å²) in [6.45, 7) is 0. The number of carbonyl (C=O) groups excluding carboxylic acids is 1. The topological polar surface area (TPSA) is 82.0 Å². The smallest absolute Gasteiger partial charge is 0.227 e. The number of hydrogen-bond donors (Lipinski definition) is 1. The van der Waals surface area contributed by atoms with Gasteiger partial charge in [0.25, 0.3) is 0 Å². The summed E-state index contributed by atoms with van der Waals surface area (Å²) in [5.74, 6) is 0.870. The predicted octanol–water partition coefficient (Wildman–Crippen LogP) is 4.01. The van der Waals surface area contributed by atoms with Crippen LogP contribution in [0.5, 0.6) is 0 Å². The van der Waals surface area contributed by atoms with Gasteiger partial charge in [0.2, 0.25) is 5.89 Å². The van der Waals surface area contributed by atoms with Gasteiger partial charge in [-0.2, -0.15) is 4.98 Å². The molecule has 1 aliphatic rings. The zero-order valence-corrected chi connectivity index (χ0v) is 14.6. The number of aromatic nitrogens is 2. The molecule has 0 aliphatic heterocycles. The fourth-order valence-electron chi connectivity index (χ4n) is 2.23. The van der Waals surface area contributed by atoms with Gasteiger partial charge < -0.3 is 10.3 Å². The molecule has 0 unspecified atom stereocenters. The van der Waals surface area contributed by atoms with Gasteiger partial charge in [-0.05, 0) is 25.3 Å². The molecule has 0 amide bonds. The van der Waals surface area contributed by atoms with E-state index in [9.17, 15) is 4.79 Å². The largest absolute Gasteiger partial charge is 0.339 e. The Hall–Kier alpha value is -0.660. The lowest BCUT2D eigenvalue weighted by Crippen LogP contribution is -2.44. The lowest BCUT2D eigenvalue weighted by atomic mass is 9.77. The van der Waals surface area contributed by atoms with Crippen LogP contribution in [0.3, 0.4) is 0 Å². The summed E-state index contributed by atoms with van der Waals surface area (Å²) in [6.07, 6.45) is 3.43. The summed E-state index contributed by atoms with van der Waals surface area (Å²) < 4.78 is 6.07. The monoisotopic (exact) mass is 381 g/mol. The van der Waals surface area contributed by atoms with Gasteiger partial charge in [0.05, 0.1) is 9.88 Å².